The monoisotopic (exact) mass is 373 g/mol. The number of hydrogen-bond acceptors (Lipinski definition) is 4. The van der Waals surface area contributed by atoms with E-state index in [0.29, 0.717) is 26.1 Å². The van der Waals surface area contributed by atoms with Crippen molar-refractivity contribution >= 4 is 23.2 Å². The van der Waals surface area contributed by atoms with E-state index in [1.807, 2.05) is 12.1 Å². The zero-order valence-electron chi connectivity index (χ0n) is 16.4. The average molecular weight is 373 g/mol. The molecule has 6 heteroatoms. The van der Waals surface area contributed by atoms with E-state index in [4.69, 9.17) is 4.74 Å². The minimum Gasteiger partial charge on any atom is -0.385 e. The van der Waals surface area contributed by atoms with Crippen LogP contribution in [0.25, 0.3) is 0 Å². The normalized spacial score (nSPS) is 21.0. The summed E-state index contributed by atoms with van der Waals surface area (Å²) in [6.45, 7) is 6.27. The Hall–Kier alpha value is -2.08. The third-order valence-corrected chi connectivity index (χ3v) is 5.65. The number of amides is 2. The zero-order valence-corrected chi connectivity index (χ0v) is 16.4. The van der Waals surface area contributed by atoms with Gasteiger partial charge in [0.05, 0.1) is 5.92 Å². The Morgan fingerprint density at radius 2 is 1.93 bits per heavy atom. The SMILES string of the molecule is COCCCN1CC(C(=O)Nc2ccc(N3CCC(C)CC3)cc2)CC1=O. The number of benzene rings is 1. The summed E-state index contributed by atoms with van der Waals surface area (Å²) in [6.07, 6.45) is 3.56. The van der Waals surface area contributed by atoms with Crippen LogP contribution in [0.1, 0.15) is 32.6 Å². The number of likely N-dealkylation sites (tertiary alicyclic amines) is 1. The number of methoxy groups -OCH3 is 1. The van der Waals surface area contributed by atoms with E-state index in [1.165, 1.54) is 18.5 Å². The minimum absolute atomic E-state index is 0.0564. The molecule has 1 N–H and O–H groups in total. The lowest BCUT2D eigenvalue weighted by Crippen LogP contribution is -2.32. The Morgan fingerprint density at radius 3 is 2.59 bits per heavy atom. The molecule has 2 aliphatic rings. The summed E-state index contributed by atoms with van der Waals surface area (Å²) in [7, 11) is 1.65. The van der Waals surface area contributed by atoms with Gasteiger partial charge in [-0.25, -0.2) is 0 Å². The first kappa shape index (κ1) is 19.7. The number of anilines is 2. The van der Waals surface area contributed by atoms with Gasteiger partial charge < -0.3 is 19.9 Å². The zero-order chi connectivity index (χ0) is 19.2. The predicted molar refractivity (Wildman–Crippen MR) is 107 cm³/mol. The lowest BCUT2D eigenvalue weighted by atomic mass is 9.99. The van der Waals surface area contributed by atoms with Gasteiger partial charge in [-0.2, -0.15) is 0 Å². The van der Waals surface area contributed by atoms with E-state index >= 15 is 0 Å². The molecule has 27 heavy (non-hydrogen) atoms. The molecule has 2 amide bonds. The van der Waals surface area contributed by atoms with Crippen LogP contribution in [-0.4, -0.2) is 56.6 Å². The van der Waals surface area contributed by atoms with Gasteiger partial charge in [-0.1, -0.05) is 6.92 Å². The average Bonchev–Trinajstić information content (AvgIpc) is 3.04. The molecule has 148 valence electrons. The first-order valence-electron chi connectivity index (χ1n) is 9.99. The molecule has 1 unspecified atom stereocenters. The third-order valence-electron chi connectivity index (χ3n) is 5.65. The molecule has 3 rings (SSSR count). The van der Waals surface area contributed by atoms with Gasteiger partial charge in [0.15, 0.2) is 0 Å². The number of nitrogens with one attached hydrogen (secondary N) is 1. The quantitative estimate of drug-likeness (QED) is 0.747. The highest BCUT2D eigenvalue weighted by Crippen LogP contribution is 2.25. The van der Waals surface area contributed by atoms with Crippen molar-refractivity contribution in [2.75, 3.05) is 50.1 Å². The van der Waals surface area contributed by atoms with Gasteiger partial charge >= 0.3 is 0 Å². The second-order valence-corrected chi connectivity index (χ2v) is 7.79. The van der Waals surface area contributed by atoms with E-state index in [0.717, 1.165) is 31.1 Å². The lowest BCUT2D eigenvalue weighted by Gasteiger charge is -2.32. The smallest absolute Gasteiger partial charge is 0.229 e. The molecule has 2 fully saturated rings. The first-order chi connectivity index (χ1) is 13.1. The van der Waals surface area contributed by atoms with E-state index in [9.17, 15) is 9.59 Å². The minimum atomic E-state index is -0.275. The fourth-order valence-electron chi connectivity index (χ4n) is 3.83. The molecule has 1 aromatic rings. The van der Waals surface area contributed by atoms with Crippen LogP contribution in [0.15, 0.2) is 24.3 Å². The molecule has 0 radical (unpaired) electrons. The number of carbonyl (C=O) groups excluding carboxylic acids is 2. The highest BCUT2D eigenvalue weighted by Gasteiger charge is 2.33. The number of rotatable bonds is 7. The molecule has 2 heterocycles. The Kier molecular flexibility index (Phi) is 6.72. The van der Waals surface area contributed by atoms with Crippen LogP contribution < -0.4 is 10.2 Å². The van der Waals surface area contributed by atoms with Crippen LogP contribution in [0.2, 0.25) is 0 Å². The summed E-state index contributed by atoms with van der Waals surface area (Å²) >= 11 is 0. The molecule has 0 bridgehead atoms. The van der Waals surface area contributed by atoms with Gasteiger partial charge in [-0.05, 0) is 49.4 Å². The van der Waals surface area contributed by atoms with Crippen molar-refractivity contribution in [2.24, 2.45) is 11.8 Å². The molecule has 1 atom stereocenters. The molecule has 2 aliphatic heterocycles. The third kappa shape index (κ3) is 5.22. The van der Waals surface area contributed by atoms with Gasteiger partial charge in [0, 0.05) is 57.7 Å². The first-order valence-corrected chi connectivity index (χ1v) is 9.99. The van der Waals surface area contributed by atoms with Crippen molar-refractivity contribution in [3.63, 3.8) is 0 Å². The van der Waals surface area contributed by atoms with Gasteiger partial charge in [-0.3, -0.25) is 9.59 Å². The maximum absolute atomic E-state index is 12.5. The van der Waals surface area contributed by atoms with Crippen LogP contribution in [0.3, 0.4) is 0 Å². The molecule has 0 spiro atoms. The van der Waals surface area contributed by atoms with E-state index in [-0.39, 0.29) is 17.7 Å². The molecule has 6 nitrogen and oxygen atoms in total. The van der Waals surface area contributed by atoms with Gasteiger partial charge in [0.2, 0.25) is 11.8 Å². The van der Waals surface area contributed by atoms with Crippen molar-refractivity contribution < 1.29 is 14.3 Å². The number of piperidine rings is 1. The maximum Gasteiger partial charge on any atom is 0.229 e. The van der Waals surface area contributed by atoms with Crippen LogP contribution >= 0.6 is 0 Å². The molecule has 1 aromatic carbocycles. The van der Waals surface area contributed by atoms with Crippen molar-refractivity contribution in [3.8, 4) is 0 Å². The molecular formula is C21H31N3O3. The molecule has 0 aliphatic carbocycles. The fraction of sp³-hybridized carbons (Fsp3) is 0.619. The Balaban J connectivity index is 1.50. The lowest BCUT2D eigenvalue weighted by molar-refractivity contribution is -0.128. The molecule has 0 aromatic heterocycles. The van der Waals surface area contributed by atoms with Crippen LogP contribution in [0.4, 0.5) is 11.4 Å². The van der Waals surface area contributed by atoms with E-state index in [1.54, 1.807) is 12.0 Å². The van der Waals surface area contributed by atoms with E-state index in [2.05, 4.69) is 29.3 Å². The Bertz CT molecular complexity index is 639. The molecule has 0 saturated carbocycles. The second kappa shape index (κ2) is 9.22. The van der Waals surface area contributed by atoms with Crippen molar-refractivity contribution in [3.05, 3.63) is 24.3 Å². The highest BCUT2D eigenvalue weighted by molar-refractivity contribution is 5.97. The second-order valence-electron chi connectivity index (χ2n) is 7.79. The Morgan fingerprint density at radius 1 is 1.22 bits per heavy atom. The van der Waals surface area contributed by atoms with Crippen LogP contribution in [0, 0.1) is 11.8 Å². The van der Waals surface area contributed by atoms with Gasteiger partial charge in [0.1, 0.15) is 0 Å². The maximum atomic E-state index is 12.5. The topological polar surface area (TPSA) is 61.9 Å². The summed E-state index contributed by atoms with van der Waals surface area (Å²) in [6, 6.07) is 8.06. The number of carbonyl (C=O) groups is 2. The van der Waals surface area contributed by atoms with Crippen molar-refractivity contribution in [1.82, 2.24) is 4.90 Å². The number of hydrogen-bond donors (Lipinski definition) is 1. The highest BCUT2D eigenvalue weighted by atomic mass is 16.5. The summed E-state index contributed by atoms with van der Waals surface area (Å²) < 4.78 is 5.03. The van der Waals surface area contributed by atoms with Gasteiger partial charge in [-0.15, -0.1) is 0 Å². The summed E-state index contributed by atoms with van der Waals surface area (Å²) in [4.78, 5) is 28.8. The van der Waals surface area contributed by atoms with Crippen LogP contribution in [0.5, 0.6) is 0 Å². The molecule has 2 saturated heterocycles. The number of nitrogens with zero attached hydrogens (tertiary/aromatic N) is 2. The van der Waals surface area contributed by atoms with Crippen molar-refractivity contribution in [1.29, 1.82) is 0 Å². The fourth-order valence-corrected chi connectivity index (χ4v) is 3.83. The van der Waals surface area contributed by atoms with Crippen LogP contribution in [-0.2, 0) is 14.3 Å². The largest absolute Gasteiger partial charge is 0.385 e. The van der Waals surface area contributed by atoms with Crippen molar-refractivity contribution in [2.45, 2.75) is 32.6 Å². The predicted octanol–water partition coefficient (Wildman–Crippen LogP) is 2.75. The van der Waals surface area contributed by atoms with Gasteiger partial charge in [0.25, 0.3) is 0 Å². The van der Waals surface area contributed by atoms with E-state index < -0.39 is 0 Å². The standard InChI is InChI=1S/C21H31N3O3/c1-16-8-11-23(12-9-16)19-6-4-18(5-7-19)22-21(26)17-14-20(25)24(15-17)10-3-13-27-2/h4-7,16-17H,3,8-15H2,1-2H3,(H,22,26). The summed E-state index contributed by atoms with van der Waals surface area (Å²) in [5, 5.41) is 2.97. The summed E-state index contributed by atoms with van der Waals surface area (Å²) in [5.41, 5.74) is 2.00. The molecular weight excluding hydrogens is 342 g/mol. The summed E-state index contributed by atoms with van der Waals surface area (Å²) in [5.74, 6) is 0.518. The Labute approximate surface area is 161 Å². The number of ether oxygens (including phenoxy) is 1.